The third kappa shape index (κ3) is 7.85. The SMILES string of the molecule is CCCCCCNC(N)=NCc1cc(C#N)ccc1F.I. The van der Waals surface area contributed by atoms with Crippen molar-refractivity contribution in [3.8, 4) is 6.07 Å². The zero-order valence-corrected chi connectivity index (χ0v) is 14.6. The molecule has 0 atom stereocenters. The Morgan fingerprint density at radius 1 is 1.38 bits per heavy atom. The minimum Gasteiger partial charge on any atom is -0.370 e. The zero-order chi connectivity index (χ0) is 14.8. The van der Waals surface area contributed by atoms with Crippen LogP contribution < -0.4 is 11.1 Å². The number of nitriles is 1. The lowest BCUT2D eigenvalue weighted by atomic mass is 10.1. The Balaban J connectivity index is 0.00000400. The zero-order valence-electron chi connectivity index (χ0n) is 12.2. The number of hydrogen-bond acceptors (Lipinski definition) is 2. The van der Waals surface area contributed by atoms with Gasteiger partial charge in [0.05, 0.1) is 18.2 Å². The summed E-state index contributed by atoms with van der Waals surface area (Å²) in [6.07, 6.45) is 4.61. The number of unbranched alkanes of at least 4 members (excludes halogenated alkanes) is 3. The molecule has 0 radical (unpaired) electrons. The molecule has 0 spiro atoms. The van der Waals surface area contributed by atoms with Crippen LogP contribution in [0.1, 0.15) is 43.7 Å². The van der Waals surface area contributed by atoms with Gasteiger partial charge in [-0.2, -0.15) is 5.26 Å². The Morgan fingerprint density at radius 2 is 2.14 bits per heavy atom. The highest BCUT2D eigenvalue weighted by atomic mass is 127. The van der Waals surface area contributed by atoms with Crippen LogP contribution in [-0.2, 0) is 6.54 Å². The molecule has 3 N–H and O–H groups in total. The van der Waals surface area contributed by atoms with Crippen molar-refractivity contribution in [2.24, 2.45) is 10.7 Å². The fourth-order valence-electron chi connectivity index (χ4n) is 1.76. The number of guanidine groups is 1. The van der Waals surface area contributed by atoms with Gasteiger partial charge in [0.15, 0.2) is 5.96 Å². The molecule has 0 heterocycles. The standard InChI is InChI=1S/C15H21FN4.HI/c1-2-3-4-5-8-19-15(18)20-11-13-9-12(10-17)6-7-14(13)16;/h6-7,9H,2-5,8,11H2,1H3,(H3,18,19,20);1H. The summed E-state index contributed by atoms with van der Waals surface area (Å²) in [5, 5.41) is 11.8. The van der Waals surface area contributed by atoms with Gasteiger partial charge in [0.2, 0.25) is 0 Å². The van der Waals surface area contributed by atoms with E-state index in [4.69, 9.17) is 11.0 Å². The van der Waals surface area contributed by atoms with E-state index in [9.17, 15) is 4.39 Å². The molecule has 0 fully saturated rings. The second-order valence-electron chi connectivity index (χ2n) is 4.61. The largest absolute Gasteiger partial charge is 0.370 e. The normalized spacial score (nSPS) is 10.6. The average molecular weight is 404 g/mol. The molecule has 0 aliphatic rings. The number of rotatable bonds is 7. The van der Waals surface area contributed by atoms with Gasteiger partial charge in [0.1, 0.15) is 5.82 Å². The predicted molar refractivity (Wildman–Crippen MR) is 94.0 cm³/mol. The van der Waals surface area contributed by atoms with Crippen molar-refractivity contribution in [1.29, 1.82) is 5.26 Å². The third-order valence-electron chi connectivity index (χ3n) is 2.93. The van der Waals surface area contributed by atoms with Crippen LogP contribution in [0, 0.1) is 17.1 Å². The van der Waals surface area contributed by atoms with Gasteiger partial charge >= 0.3 is 0 Å². The summed E-state index contributed by atoms with van der Waals surface area (Å²) in [4.78, 5) is 4.08. The highest BCUT2D eigenvalue weighted by Gasteiger charge is 2.03. The molecule has 1 rings (SSSR count). The Kier molecular flexibility index (Phi) is 10.6. The van der Waals surface area contributed by atoms with Gasteiger partial charge in [-0.1, -0.05) is 26.2 Å². The quantitative estimate of drug-likeness (QED) is 0.317. The smallest absolute Gasteiger partial charge is 0.188 e. The Bertz CT molecular complexity index is 497. The summed E-state index contributed by atoms with van der Waals surface area (Å²) in [6.45, 7) is 3.07. The lowest BCUT2D eigenvalue weighted by molar-refractivity contribution is 0.610. The van der Waals surface area contributed by atoms with Crippen LogP contribution in [0.2, 0.25) is 0 Å². The summed E-state index contributed by atoms with van der Waals surface area (Å²) in [6, 6.07) is 6.19. The molecule has 1 aromatic carbocycles. The van der Waals surface area contributed by atoms with Crippen LogP contribution in [0.15, 0.2) is 23.2 Å². The Labute approximate surface area is 142 Å². The first-order valence-electron chi connectivity index (χ1n) is 6.89. The van der Waals surface area contributed by atoms with E-state index in [1.165, 1.54) is 31.0 Å². The molecule has 21 heavy (non-hydrogen) atoms. The second kappa shape index (κ2) is 11.3. The van der Waals surface area contributed by atoms with Crippen molar-refractivity contribution in [3.63, 3.8) is 0 Å². The van der Waals surface area contributed by atoms with Crippen molar-refractivity contribution in [3.05, 3.63) is 35.1 Å². The molecular formula is C15H22FIN4. The molecule has 1 aromatic rings. The van der Waals surface area contributed by atoms with Crippen LogP contribution in [0.3, 0.4) is 0 Å². The monoisotopic (exact) mass is 404 g/mol. The van der Waals surface area contributed by atoms with Crippen LogP contribution in [0.4, 0.5) is 4.39 Å². The van der Waals surface area contributed by atoms with E-state index in [1.807, 2.05) is 6.07 Å². The number of aliphatic imine (C=N–C) groups is 1. The maximum Gasteiger partial charge on any atom is 0.188 e. The summed E-state index contributed by atoms with van der Waals surface area (Å²) < 4.78 is 13.5. The Hall–Kier alpha value is -1.36. The molecule has 0 aliphatic heterocycles. The molecule has 6 heteroatoms. The van der Waals surface area contributed by atoms with Crippen molar-refractivity contribution < 1.29 is 4.39 Å². The molecular weight excluding hydrogens is 382 g/mol. The third-order valence-corrected chi connectivity index (χ3v) is 2.93. The van der Waals surface area contributed by atoms with E-state index in [2.05, 4.69) is 17.2 Å². The summed E-state index contributed by atoms with van der Waals surface area (Å²) in [5.41, 5.74) is 6.50. The van der Waals surface area contributed by atoms with E-state index >= 15 is 0 Å². The fourth-order valence-corrected chi connectivity index (χ4v) is 1.76. The number of nitrogens with two attached hydrogens (primary N) is 1. The maximum atomic E-state index is 13.5. The molecule has 4 nitrogen and oxygen atoms in total. The topological polar surface area (TPSA) is 74.2 Å². The fraction of sp³-hybridized carbons (Fsp3) is 0.467. The van der Waals surface area contributed by atoms with E-state index < -0.39 is 0 Å². The number of benzene rings is 1. The van der Waals surface area contributed by atoms with Gasteiger partial charge in [0, 0.05) is 12.1 Å². The minimum atomic E-state index is -0.372. The lowest BCUT2D eigenvalue weighted by Gasteiger charge is -2.06. The summed E-state index contributed by atoms with van der Waals surface area (Å²) in [7, 11) is 0. The van der Waals surface area contributed by atoms with Gasteiger partial charge in [0.25, 0.3) is 0 Å². The first-order chi connectivity index (χ1) is 9.67. The van der Waals surface area contributed by atoms with Crippen LogP contribution in [-0.4, -0.2) is 12.5 Å². The predicted octanol–water partition coefficient (Wildman–Crippen LogP) is 3.30. The van der Waals surface area contributed by atoms with Gasteiger partial charge in [-0.15, -0.1) is 24.0 Å². The number of nitrogens with zero attached hydrogens (tertiary/aromatic N) is 2. The van der Waals surface area contributed by atoms with Crippen molar-refractivity contribution in [1.82, 2.24) is 5.32 Å². The molecule has 0 aromatic heterocycles. The van der Waals surface area contributed by atoms with Crippen molar-refractivity contribution >= 4 is 29.9 Å². The van der Waals surface area contributed by atoms with Gasteiger partial charge in [-0.3, -0.25) is 0 Å². The molecule has 0 saturated carbocycles. The molecule has 0 amide bonds. The van der Waals surface area contributed by atoms with E-state index in [0.29, 0.717) is 17.1 Å². The van der Waals surface area contributed by atoms with Crippen molar-refractivity contribution in [2.75, 3.05) is 6.54 Å². The number of nitrogens with one attached hydrogen (secondary N) is 1. The molecule has 0 saturated heterocycles. The number of halogens is 2. The summed E-state index contributed by atoms with van der Waals surface area (Å²) in [5.74, 6) is -0.0632. The highest BCUT2D eigenvalue weighted by Crippen LogP contribution is 2.11. The van der Waals surface area contributed by atoms with E-state index in [-0.39, 0.29) is 36.3 Å². The molecule has 0 aliphatic carbocycles. The number of hydrogen-bond donors (Lipinski definition) is 2. The first kappa shape index (κ1) is 19.6. The van der Waals surface area contributed by atoms with Crippen molar-refractivity contribution in [2.45, 2.75) is 39.2 Å². The average Bonchev–Trinajstić information content (AvgIpc) is 2.46. The molecule has 116 valence electrons. The minimum absolute atomic E-state index is 0. The summed E-state index contributed by atoms with van der Waals surface area (Å²) >= 11 is 0. The van der Waals surface area contributed by atoms with Gasteiger partial charge < -0.3 is 11.1 Å². The van der Waals surface area contributed by atoms with E-state index in [0.717, 1.165) is 19.4 Å². The second-order valence-corrected chi connectivity index (χ2v) is 4.61. The van der Waals surface area contributed by atoms with Crippen LogP contribution in [0.5, 0.6) is 0 Å². The maximum absolute atomic E-state index is 13.5. The van der Waals surface area contributed by atoms with Gasteiger partial charge in [-0.05, 0) is 24.6 Å². The van der Waals surface area contributed by atoms with Crippen LogP contribution in [0.25, 0.3) is 0 Å². The lowest BCUT2D eigenvalue weighted by Crippen LogP contribution is -2.32. The van der Waals surface area contributed by atoms with Gasteiger partial charge in [-0.25, -0.2) is 9.38 Å². The molecule has 0 unspecified atom stereocenters. The Morgan fingerprint density at radius 3 is 2.81 bits per heavy atom. The van der Waals surface area contributed by atoms with E-state index in [1.54, 1.807) is 0 Å². The molecule has 0 bridgehead atoms. The first-order valence-corrected chi connectivity index (χ1v) is 6.89. The van der Waals surface area contributed by atoms with Crippen LogP contribution >= 0.6 is 24.0 Å². The highest BCUT2D eigenvalue weighted by molar-refractivity contribution is 14.0.